The SMILES string of the molecule is O=C([OH2+])[OH2+].O=C([OH2+])[OH2+].[Co+3].[NH-]CCN(CCCl)CCCl. The monoisotopic (exact) mass is 370 g/mol. The Morgan fingerprint density at radius 2 is 1.16 bits per heavy atom. The maximum absolute atomic E-state index is 8.78. The molecular weight excluding hydrogens is 350 g/mol. The Morgan fingerprint density at radius 1 is 0.895 bits per heavy atom. The van der Waals surface area contributed by atoms with E-state index in [1.807, 2.05) is 0 Å². The fraction of sp³-hybridized carbons (Fsp3) is 0.750. The molecule has 8 nitrogen and oxygen atoms in total. The number of halogens is 2. The molecule has 0 rings (SSSR count). The van der Waals surface area contributed by atoms with E-state index in [0.717, 1.165) is 19.6 Å². The van der Waals surface area contributed by atoms with Crippen LogP contribution in [0.1, 0.15) is 0 Å². The van der Waals surface area contributed by atoms with Crippen molar-refractivity contribution in [3.63, 3.8) is 0 Å². The molecule has 0 aromatic rings. The first-order valence-electron chi connectivity index (χ1n) is 4.75. The van der Waals surface area contributed by atoms with Gasteiger partial charge in [-0.3, -0.25) is 0 Å². The zero-order chi connectivity index (χ0) is 15.0. The molecule has 0 spiro atoms. The summed E-state index contributed by atoms with van der Waals surface area (Å²) in [7, 11) is 0. The summed E-state index contributed by atoms with van der Waals surface area (Å²) in [5.41, 5.74) is 6.96. The van der Waals surface area contributed by atoms with Crippen molar-refractivity contribution in [3.8, 4) is 0 Å². The molecule has 0 aromatic carbocycles. The molecule has 0 saturated carbocycles. The topological polar surface area (TPSA) is 153 Å². The summed E-state index contributed by atoms with van der Waals surface area (Å²) in [6.07, 6.45) is -2.67. The van der Waals surface area contributed by atoms with Crippen LogP contribution in [-0.2, 0) is 16.8 Å². The molecule has 0 saturated heterocycles. The van der Waals surface area contributed by atoms with E-state index in [1.54, 1.807) is 0 Å². The first kappa shape index (κ1) is 27.0. The van der Waals surface area contributed by atoms with E-state index in [9.17, 15) is 0 Å². The van der Waals surface area contributed by atoms with E-state index >= 15 is 0 Å². The zero-order valence-corrected chi connectivity index (χ0v) is 12.6. The molecule has 0 aliphatic heterocycles. The van der Waals surface area contributed by atoms with Gasteiger partial charge in [-0.1, -0.05) is 0 Å². The Labute approximate surface area is 131 Å². The molecule has 9 N–H and O–H groups in total. The molecule has 0 aliphatic carbocycles. The predicted molar refractivity (Wildman–Crippen MR) is 72.3 cm³/mol. The number of hydrogen-bond donors (Lipinski definition) is 0. The number of alkyl halides is 2. The molecule has 19 heavy (non-hydrogen) atoms. The van der Waals surface area contributed by atoms with E-state index in [4.69, 9.17) is 59.0 Å². The summed E-state index contributed by atoms with van der Waals surface area (Å²) in [6.45, 7) is 2.88. The van der Waals surface area contributed by atoms with Crippen LogP contribution in [0.15, 0.2) is 0 Å². The van der Waals surface area contributed by atoms with E-state index in [2.05, 4.69) is 4.90 Å². The van der Waals surface area contributed by atoms with Gasteiger partial charge in [-0.25, -0.2) is 0 Å². The number of nitrogens with one attached hydrogen (secondary N) is 1. The van der Waals surface area contributed by atoms with Crippen LogP contribution in [0.2, 0.25) is 0 Å². The van der Waals surface area contributed by atoms with Crippen molar-refractivity contribution < 1.29 is 46.8 Å². The molecule has 0 aliphatic rings. The Balaban J connectivity index is -0.000000105. The van der Waals surface area contributed by atoms with Gasteiger partial charge in [0.05, 0.1) is 0 Å². The molecule has 0 atom stereocenters. The second-order valence-electron chi connectivity index (χ2n) is 2.63. The molecular formula is C8H21Cl2CoN2O6+6. The quantitative estimate of drug-likeness (QED) is 0.431. The minimum atomic E-state index is -1.33. The average Bonchev–Trinajstić information content (AvgIpc) is 2.17. The minimum absolute atomic E-state index is 0. The molecule has 0 bridgehead atoms. The molecule has 116 valence electrons. The fourth-order valence-electron chi connectivity index (χ4n) is 0.733. The van der Waals surface area contributed by atoms with Gasteiger partial charge in [-0.2, -0.15) is 0 Å². The van der Waals surface area contributed by atoms with Gasteiger partial charge in [0.15, 0.2) is 0 Å². The molecule has 0 fully saturated rings. The first-order chi connectivity index (χ1) is 8.31. The summed E-state index contributed by atoms with van der Waals surface area (Å²) in [4.78, 5) is 19.6. The summed E-state index contributed by atoms with van der Waals surface area (Å²) < 4.78 is 0. The van der Waals surface area contributed by atoms with Gasteiger partial charge in [0.2, 0.25) is 9.59 Å². The summed E-state index contributed by atoms with van der Waals surface area (Å²) in [5.74, 6) is 1.24. The third-order valence-electron chi connectivity index (χ3n) is 1.23. The standard InChI is InChI=1S/C6H13Cl2N2.2CH2O3.Co/c7-1-4-10(5-2-8)6-3-9;2*2-1(3)4;/h9H,1-6H2;2*(H2,2,3,4);/q-1;;;+3/p+4. The second-order valence-corrected chi connectivity index (χ2v) is 3.38. The number of carbonyl (C=O) groups is 2. The van der Waals surface area contributed by atoms with E-state index < -0.39 is 12.3 Å². The summed E-state index contributed by atoms with van der Waals surface area (Å²) in [5, 5.41) is 22.4. The Kier molecular flexibility index (Phi) is 32.2. The van der Waals surface area contributed by atoms with Crippen LogP contribution in [0.25, 0.3) is 5.73 Å². The number of carbonyl (C=O) groups excluding carboxylic acids is 2. The third-order valence-corrected chi connectivity index (χ3v) is 1.57. The van der Waals surface area contributed by atoms with Crippen molar-refractivity contribution in [2.45, 2.75) is 0 Å². The van der Waals surface area contributed by atoms with Gasteiger partial charge < -0.3 is 31.1 Å². The molecule has 0 radical (unpaired) electrons. The number of nitrogens with zero attached hydrogens (tertiary/aromatic N) is 1. The minimum Gasteiger partial charge on any atom is -0.676 e. The van der Waals surface area contributed by atoms with Crippen molar-refractivity contribution in [1.29, 1.82) is 0 Å². The number of rotatable bonds is 6. The van der Waals surface area contributed by atoms with Gasteiger partial charge in [-0.05, 0) is 6.54 Å². The van der Waals surface area contributed by atoms with E-state index in [0.29, 0.717) is 18.3 Å². The van der Waals surface area contributed by atoms with Crippen LogP contribution < -0.4 is 0 Å². The summed E-state index contributed by atoms with van der Waals surface area (Å²) in [6, 6.07) is 0. The maximum Gasteiger partial charge on any atom is 3.00 e. The number of hydrogen-bond acceptors (Lipinski definition) is 3. The fourth-order valence-corrected chi connectivity index (χ4v) is 1.21. The van der Waals surface area contributed by atoms with Crippen molar-refractivity contribution in [1.82, 2.24) is 4.90 Å². The second kappa shape index (κ2) is 22.7. The van der Waals surface area contributed by atoms with Crippen LogP contribution >= 0.6 is 23.2 Å². The predicted octanol–water partition coefficient (Wildman–Crippen LogP) is -1.07. The normalized spacial score (nSPS) is 8.21. The smallest absolute Gasteiger partial charge is 0.676 e. The van der Waals surface area contributed by atoms with E-state index in [1.165, 1.54) is 0 Å². The van der Waals surface area contributed by atoms with Crippen molar-refractivity contribution in [2.75, 3.05) is 37.9 Å². The van der Waals surface area contributed by atoms with Crippen molar-refractivity contribution in [2.24, 2.45) is 0 Å². The average molecular weight is 371 g/mol. The molecule has 0 aromatic heterocycles. The summed E-state index contributed by atoms with van der Waals surface area (Å²) >= 11 is 11.0. The van der Waals surface area contributed by atoms with Crippen molar-refractivity contribution >= 4 is 35.5 Å². The van der Waals surface area contributed by atoms with Crippen LogP contribution in [0.4, 0.5) is 9.59 Å². The van der Waals surface area contributed by atoms with Gasteiger partial charge >= 0.3 is 29.1 Å². The maximum atomic E-state index is 8.78. The molecule has 0 amide bonds. The van der Waals surface area contributed by atoms with Crippen LogP contribution in [0.5, 0.6) is 0 Å². The Bertz CT molecular complexity index is 179. The molecule has 0 unspecified atom stereocenters. The molecule has 0 heterocycles. The van der Waals surface area contributed by atoms with Crippen molar-refractivity contribution in [3.05, 3.63) is 5.73 Å². The van der Waals surface area contributed by atoms with Gasteiger partial charge in [0.25, 0.3) is 0 Å². The van der Waals surface area contributed by atoms with Crippen LogP contribution in [0.3, 0.4) is 0 Å². The third kappa shape index (κ3) is 58.1. The molecule has 11 heteroatoms. The van der Waals surface area contributed by atoms with Crippen LogP contribution in [-0.4, -0.2) is 75.6 Å². The first-order valence-corrected chi connectivity index (χ1v) is 5.81. The van der Waals surface area contributed by atoms with Gasteiger partial charge in [0.1, 0.15) is 0 Å². The van der Waals surface area contributed by atoms with Crippen LogP contribution in [0, 0.1) is 0 Å². The zero-order valence-electron chi connectivity index (χ0n) is 10.1. The Morgan fingerprint density at radius 3 is 1.32 bits per heavy atom. The van der Waals surface area contributed by atoms with Gasteiger partial charge in [0, 0.05) is 24.8 Å². The largest absolute Gasteiger partial charge is 3.00 e. The van der Waals surface area contributed by atoms with E-state index in [-0.39, 0.29) is 16.8 Å². The Hall–Kier alpha value is -0.454. The van der Waals surface area contributed by atoms with Gasteiger partial charge in [-0.15, -0.1) is 29.7 Å².